The van der Waals surface area contributed by atoms with Gasteiger partial charge in [0.2, 0.25) is 0 Å². The van der Waals surface area contributed by atoms with Crippen molar-refractivity contribution >= 4 is 10.4 Å². The molecule has 13 heavy (non-hydrogen) atoms. The Kier molecular flexibility index (Phi) is 14.1. The molecule has 0 saturated carbocycles. The van der Waals surface area contributed by atoms with Crippen LogP contribution in [0.5, 0.6) is 0 Å². The number of nitrogens with zero attached hydrogens (tertiary/aromatic N) is 1. The van der Waals surface area contributed by atoms with E-state index in [4.69, 9.17) is 17.5 Å². The topological polar surface area (TPSA) is 113 Å². The minimum Gasteiger partial charge on any atom is -0.344 e. The summed E-state index contributed by atoms with van der Waals surface area (Å²) in [6, 6.07) is 0. The fraction of sp³-hybridized carbons (Fsp3) is 1.00. The van der Waals surface area contributed by atoms with Crippen LogP contribution in [-0.4, -0.2) is 42.1 Å². The summed E-state index contributed by atoms with van der Waals surface area (Å²) in [6.45, 7) is 10.1. The van der Waals surface area contributed by atoms with Crippen molar-refractivity contribution in [2.45, 2.75) is 20.8 Å². The van der Waals surface area contributed by atoms with Gasteiger partial charge in [0.15, 0.2) is 0 Å². The van der Waals surface area contributed by atoms with Gasteiger partial charge >= 0.3 is 10.4 Å². The average Bonchev–Trinajstić information content (AvgIpc) is 1.88. The van der Waals surface area contributed by atoms with Crippen molar-refractivity contribution < 1.29 is 17.5 Å². The molecule has 0 aromatic carbocycles. The molecular weight excluding hydrogens is 196 g/mol. The SMILES string of the molecule is CCN(CC)CC.N.O=S(=O)(O)O. The van der Waals surface area contributed by atoms with E-state index in [1.807, 2.05) is 0 Å². The maximum Gasteiger partial charge on any atom is 0.394 e. The quantitative estimate of drug-likeness (QED) is 0.603. The number of hydrogen-bond donors (Lipinski definition) is 3. The van der Waals surface area contributed by atoms with Crippen LogP contribution in [-0.2, 0) is 10.4 Å². The van der Waals surface area contributed by atoms with E-state index in [0.29, 0.717) is 0 Å². The third-order valence-corrected chi connectivity index (χ3v) is 1.34. The first-order valence-electron chi connectivity index (χ1n) is 3.77. The molecule has 0 aliphatic heterocycles. The Balaban J connectivity index is -0.000000150. The van der Waals surface area contributed by atoms with Crippen molar-refractivity contribution in [1.82, 2.24) is 11.1 Å². The summed E-state index contributed by atoms with van der Waals surface area (Å²) in [5.74, 6) is 0. The van der Waals surface area contributed by atoms with Crippen LogP contribution in [0.2, 0.25) is 0 Å². The monoisotopic (exact) mass is 216 g/mol. The Morgan fingerprint density at radius 1 is 1.00 bits per heavy atom. The first-order chi connectivity index (χ1) is 5.35. The lowest BCUT2D eigenvalue weighted by molar-refractivity contribution is 0.321. The van der Waals surface area contributed by atoms with Crippen LogP contribution in [0.25, 0.3) is 0 Å². The molecule has 0 aliphatic rings. The summed E-state index contributed by atoms with van der Waals surface area (Å²) in [5, 5.41) is 0. The molecule has 0 bridgehead atoms. The molecule has 0 rings (SSSR count). The molecule has 0 aromatic rings. The van der Waals surface area contributed by atoms with Gasteiger partial charge in [-0.2, -0.15) is 8.42 Å². The van der Waals surface area contributed by atoms with E-state index in [0.717, 1.165) is 0 Å². The second kappa shape index (κ2) is 9.87. The van der Waals surface area contributed by atoms with Crippen molar-refractivity contribution in [1.29, 1.82) is 0 Å². The highest BCUT2D eigenvalue weighted by molar-refractivity contribution is 7.79. The minimum absolute atomic E-state index is 0. The molecule has 0 spiro atoms. The molecule has 84 valence electrons. The van der Waals surface area contributed by atoms with Gasteiger partial charge in [0, 0.05) is 0 Å². The first kappa shape index (κ1) is 18.5. The van der Waals surface area contributed by atoms with E-state index in [9.17, 15) is 0 Å². The van der Waals surface area contributed by atoms with Crippen molar-refractivity contribution in [3.63, 3.8) is 0 Å². The second-order valence-electron chi connectivity index (χ2n) is 2.07. The van der Waals surface area contributed by atoms with Crippen LogP contribution in [0.1, 0.15) is 20.8 Å². The van der Waals surface area contributed by atoms with Gasteiger partial charge in [-0.1, -0.05) is 20.8 Å². The van der Waals surface area contributed by atoms with E-state index < -0.39 is 10.4 Å². The Hall–Kier alpha value is -0.210. The maximum atomic E-state index is 8.74. The third kappa shape index (κ3) is 33.7. The van der Waals surface area contributed by atoms with Crippen molar-refractivity contribution in [2.24, 2.45) is 0 Å². The fourth-order valence-electron chi connectivity index (χ4n) is 0.671. The number of hydrogen-bond acceptors (Lipinski definition) is 4. The van der Waals surface area contributed by atoms with Gasteiger partial charge in [0.05, 0.1) is 0 Å². The van der Waals surface area contributed by atoms with E-state index in [-0.39, 0.29) is 6.15 Å². The summed E-state index contributed by atoms with van der Waals surface area (Å²) in [4.78, 5) is 2.38. The Bertz CT molecular complexity index is 164. The molecule has 0 fully saturated rings. The normalized spacial score (nSPS) is 10.0. The Morgan fingerprint density at radius 2 is 1.15 bits per heavy atom. The molecule has 7 heteroatoms. The first-order valence-corrected chi connectivity index (χ1v) is 5.17. The molecular formula is C6H20N2O4S. The van der Waals surface area contributed by atoms with E-state index >= 15 is 0 Å². The molecule has 0 radical (unpaired) electrons. The van der Waals surface area contributed by atoms with Crippen LogP contribution in [0.4, 0.5) is 0 Å². The zero-order valence-electron chi connectivity index (χ0n) is 8.39. The van der Waals surface area contributed by atoms with Gasteiger partial charge in [0.1, 0.15) is 0 Å². The number of rotatable bonds is 3. The standard InChI is InChI=1S/C6H15N.H3N.H2O4S/c1-4-7(5-2)6-3;;1-5(2,3)4/h4-6H2,1-3H3;1H3;(H2,1,2,3,4). The summed E-state index contributed by atoms with van der Waals surface area (Å²) in [5.41, 5.74) is 0. The predicted octanol–water partition coefficient (Wildman–Crippen LogP) is 0.857. The van der Waals surface area contributed by atoms with E-state index in [2.05, 4.69) is 25.7 Å². The van der Waals surface area contributed by atoms with Crippen LogP contribution in [0.3, 0.4) is 0 Å². The van der Waals surface area contributed by atoms with Gasteiger partial charge in [-0.05, 0) is 19.6 Å². The van der Waals surface area contributed by atoms with Gasteiger partial charge < -0.3 is 11.1 Å². The summed E-state index contributed by atoms with van der Waals surface area (Å²) in [6.07, 6.45) is 0. The van der Waals surface area contributed by atoms with Crippen LogP contribution < -0.4 is 6.15 Å². The Morgan fingerprint density at radius 3 is 1.15 bits per heavy atom. The highest BCUT2D eigenvalue weighted by Crippen LogP contribution is 1.81. The van der Waals surface area contributed by atoms with Crippen LogP contribution >= 0.6 is 0 Å². The van der Waals surface area contributed by atoms with Crippen molar-refractivity contribution in [3.05, 3.63) is 0 Å². The highest BCUT2D eigenvalue weighted by atomic mass is 32.3. The molecule has 6 nitrogen and oxygen atoms in total. The fourth-order valence-corrected chi connectivity index (χ4v) is 0.671. The molecule has 0 heterocycles. The van der Waals surface area contributed by atoms with Gasteiger partial charge in [-0.15, -0.1) is 0 Å². The van der Waals surface area contributed by atoms with Gasteiger partial charge in [-0.25, -0.2) is 0 Å². The summed E-state index contributed by atoms with van der Waals surface area (Å²) < 4.78 is 31.6. The molecule has 0 atom stereocenters. The van der Waals surface area contributed by atoms with E-state index in [1.165, 1.54) is 19.6 Å². The lowest BCUT2D eigenvalue weighted by Crippen LogP contribution is -2.21. The van der Waals surface area contributed by atoms with Crippen molar-refractivity contribution in [3.8, 4) is 0 Å². The second-order valence-corrected chi connectivity index (χ2v) is 2.96. The summed E-state index contributed by atoms with van der Waals surface area (Å²) in [7, 11) is -4.67. The lowest BCUT2D eigenvalue weighted by atomic mass is 10.5. The van der Waals surface area contributed by atoms with Gasteiger partial charge in [0.25, 0.3) is 0 Å². The molecule has 0 unspecified atom stereocenters. The predicted molar refractivity (Wildman–Crippen MR) is 52.7 cm³/mol. The lowest BCUT2D eigenvalue weighted by Gasteiger charge is -2.13. The molecule has 0 amide bonds. The molecule has 0 aliphatic carbocycles. The Labute approximate surface area is 80.1 Å². The third-order valence-electron chi connectivity index (χ3n) is 1.34. The minimum atomic E-state index is -4.67. The maximum absolute atomic E-state index is 8.74. The summed E-state index contributed by atoms with van der Waals surface area (Å²) >= 11 is 0. The highest BCUT2D eigenvalue weighted by Gasteiger charge is 1.89. The van der Waals surface area contributed by atoms with Crippen LogP contribution in [0.15, 0.2) is 0 Å². The molecule has 0 aromatic heterocycles. The van der Waals surface area contributed by atoms with E-state index in [1.54, 1.807) is 0 Å². The zero-order chi connectivity index (χ0) is 10.2. The smallest absolute Gasteiger partial charge is 0.344 e. The zero-order valence-corrected chi connectivity index (χ0v) is 9.21. The molecule has 0 saturated heterocycles. The largest absolute Gasteiger partial charge is 0.394 e. The average molecular weight is 216 g/mol. The van der Waals surface area contributed by atoms with Crippen LogP contribution in [0, 0.1) is 0 Å². The van der Waals surface area contributed by atoms with Crippen molar-refractivity contribution in [2.75, 3.05) is 19.6 Å². The van der Waals surface area contributed by atoms with Gasteiger partial charge in [-0.3, -0.25) is 9.11 Å². The molecule has 5 N–H and O–H groups in total.